The van der Waals surface area contributed by atoms with E-state index in [1.54, 1.807) is 6.07 Å². The Morgan fingerprint density at radius 3 is 2.72 bits per heavy atom. The summed E-state index contributed by atoms with van der Waals surface area (Å²) in [4.78, 5) is 13.4. The van der Waals surface area contributed by atoms with E-state index in [9.17, 15) is 9.18 Å². The summed E-state index contributed by atoms with van der Waals surface area (Å²) in [5, 5.41) is 8.82. The van der Waals surface area contributed by atoms with Gasteiger partial charge in [-0.25, -0.2) is 4.39 Å². The van der Waals surface area contributed by atoms with Crippen molar-refractivity contribution in [3.05, 3.63) is 29.6 Å². The lowest BCUT2D eigenvalue weighted by Crippen LogP contribution is -2.34. The van der Waals surface area contributed by atoms with Crippen LogP contribution in [-0.4, -0.2) is 42.7 Å². The summed E-state index contributed by atoms with van der Waals surface area (Å²) in [7, 11) is 1.39. The predicted molar refractivity (Wildman–Crippen MR) is 66.0 cm³/mol. The van der Waals surface area contributed by atoms with Gasteiger partial charge in [0.05, 0.1) is 20.1 Å². The van der Waals surface area contributed by atoms with Gasteiger partial charge in [-0.15, -0.1) is 0 Å². The number of rotatable bonds is 6. The fourth-order valence-electron chi connectivity index (χ4n) is 1.69. The van der Waals surface area contributed by atoms with E-state index >= 15 is 0 Å². The molecule has 0 unspecified atom stereocenters. The highest BCUT2D eigenvalue weighted by molar-refractivity contribution is 5.78. The Kier molecular flexibility index (Phi) is 5.58. The second-order valence-corrected chi connectivity index (χ2v) is 3.84. The summed E-state index contributed by atoms with van der Waals surface area (Å²) >= 11 is 0. The van der Waals surface area contributed by atoms with Crippen molar-refractivity contribution >= 4 is 5.91 Å². The number of nitrogens with zero attached hydrogens (tertiary/aromatic N) is 1. The number of hydrogen-bond acceptors (Lipinski definition) is 3. The zero-order chi connectivity index (χ0) is 13.5. The number of carbonyl (C=O) groups excluding carboxylic acids is 1. The van der Waals surface area contributed by atoms with Crippen LogP contribution in [0.2, 0.25) is 0 Å². The smallest absolute Gasteiger partial charge is 0.227 e. The van der Waals surface area contributed by atoms with E-state index in [-0.39, 0.29) is 24.7 Å². The molecule has 1 aromatic rings. The topological polar surface area (TPSA) is 49.8 Å². The van der Waals surface area contributed by atoms with Crippen LogP contribution in [0.1, 0.15) is 12.5 Å². The molecule has 0 aromatic heterocycles. The van der Waals surface area contributed by atoms with Crippen LogP contribution in [0.4, 0.5) is 4.39 Å². The van der Waals surface area contributed by atoms with Gasteiger partial charge in [-0.05, 0) is 24.6 Å². The zero-order valence-electron chi connectivity index (χ0n) is 10.6. The molecular weight excluding hydrogens is 237 g/mol. The Balaban J connectivity index is 2.72. The molecule has 18 heavy (non-hydrogen) atoms. The Morgan fingerprint density at radius 2 is 2.22 bits per heavy atom. The van der Waals surface area contributed by atoms with Crippen molar-refractivity contribution in [2.75, 3.05) is 26.8 Å². The summed E-state index contributed by atoms with van der Waals surface area (Å²) in [5.41, 5.74) is 0.592. The van der Waals surface area contributed by atoms with Crippen LogP contribution in [0, 0.1) is 5.82 Å². The molecule has 0 bridgehead atoms. The third kappa shape index (κ3) is 3.70. The van der Waals surface area contributed by atoms with E-state index < -0.39 is 5.82 Å². The molecule has 0 aliphatic rings. The quantitative estimate of drug-likeness (QED) is 0.831. The van der Waals surface area contributed by atoms with Crippen molar-refractivity contribution in [1.82, 2.24) is 4.90 Å². The van der Waals surface area contributed by atoms with Gasteiger partial charge in [-0.2, -0.15) is 0 Å². The van der Waals surface area contributed by atoms with Gasteiger partial charge in [0.1, 0.15) is 0 Å². The second kappa shape index (κ2) is 6.96. The first-order valence-electron chi connectivity index (χ1n) is 5.83. The van der Waals surface area contributed by atoms with Gasteiger partial charge >= 0.3 is 0 Å². The minimum Gasteiger partial charge on any atom is -0.494 e. The first-order valence-corrected chi connectivity index (χ1v) is 5.83. The lowest BCUT2D eigenvalue weighted by Gasteiger charge is -2.19. The van der Waals surface area contributed by atoms with Gasteiger partial charge in [0.25, 0.3) is 0 Å². The van der Waals surface area contributed by atoms with E-state index in [4.69, 9.17) is 9.84 Å². The molecule has 1 N–H and O–H groups in total. The maximum atomic E-state index is 13.4. The van der Waals surface area contributed by atoms with Crippen molar-refractivity contribution in [2.24, 2.45) is 0 Å². The summed E-state index contributed by atoms with van der Waals surface area (Å²) < 4.78 is 18.3. The fraction of sp³-hybridized carbons (Fsp3) is 0.462. The molecular formula is C13H18FNO3. The molecule has 0 fully saturated rings. The van der Waals surface area contributed by atoms with Gasteiger partial charge in [-0.1, -0.05) is 6.07 Å². The van der Waals surface area contributed by atoms with Crippen molar-refractivity contribution in [3.8, 4) is 5.75 Å². The van der Waals surface area contributed by atoms with Crippen LogP contribution in [0.5, 0.6) is 5.75 Å². The molecule has 1 aromatic carbocycles. The number of aliphatic hydroxyl groups excluding tert-OH is 1. The molecule has 0 aliphatic carbocycles. The van der Waals surface area contributed by atoms with Crippen molar-refractivity contribution in [1.29, 1.82) is 0 Å². The Bertz CT molecular complexity index is 409. The number of benzene rings is 1. The maximum absolute atomic E-state index is 13.4. The number of halogens is 1. The first kappa shape index (κ1) is 14.4. The Morgan fingerprint density at radius 1 is 1.50 bits per heavy atom. The molecule has 0 atom stereocenters. The second-order valence-electron chi connectivity index (χ2n) is 3.84. The normalized spacial score (nSPS) is 10.2. The molecule has 0 heterocycles. The highest BCUT2D eigenvalue weighted by Crippen LogP contribution is 2.18. The molecule has 4 nitrogen and oxygen atoms in total. The average Bonchev–Trinajstić information content (AvgIpc) is 2.36. The molecule has 0 aliphatic heterocycles. The molecule has 5 heteroatoms. The van der Waals surface area contributed by atoms with E-state index in [0.717, 1.165) is 0 Å². The number of likely N-dealkylation sites (N-methyl/N-ethyl adjacent to an activating group) is 1. The number of amides is 1. The minimum atomic E-state index is -0.479. The monoisotopic (exact) mass is 255 g/mol. The largest absolute Gasteiger partial charge is 0.494 e. The van der Waals surface area contributed by atoms with Crippen LogP contribution in [0.3, 0.4) is 0 Å². The van der Waals surface area contributed by atoms with Gasteiger partial charge in [0.2, 0.25) is 5.91 Å². The molecule has 0 saturated carbocycles. The lowest BCUT2D eigenvalue weighted by atomic mass is 10.1. The van der Waals surface area contributed by atoms with E-state index in [1.807, 2.05) is 6.92 Å². The molecule has 0 spiro atoms. The minimum absolute atomic E-state index is 0.0729. The number of hydrogen-bond donors (Lipinski definition) is 1. The van der Waals surface area contributed by atoms with Crippen molar-refractivity contribution in [3.63, 3.8) is 0 Å². The fourth-order valence-corrected chi connectivity index (χ4v) is 1.69. The summed E-state index contributed by atoms with van der Waals surface area (Å²) in [6, 6.07) is 4.45. The first-order chi connectivity index (χ1) is 8.62. The third-order valence-corrected chi connectivity index (χ3v) is 2.68. The van der Waals surface area contributed by atoms with E-state index in [1.165, 1.54) is 24.1 Å². The van der Waals surface area contributed by atoms with Crippen molar-refractivity contribution < 1.29 is 19.0 Å². The highest BCUT2D eigenvalue weighted by atomic mass is 19.1. The summed E-state index contributed by atoms with van der Waals surface area (Å²) in [6.07, 6.45) is 0.120. The zero-order valence-corrected chi connectivity index (χ0v) is 10.6. The van der Waals surface area contributed by atoms with Crippen LogP contribution >= 0.6 is 0 Å². The number of ether oxygens (including phenoxy) is 1. The lowest BCUT2D eigenvalue weighted by molar-refractivity contribution is -0.130. The molecule has 0 saturated heterocycles. The third-order valence-electron chi connectivity index (χ3n) is 2.68. The van der Waals surface area contributed by atoms with Crippen LogP contribution in [0.25, 0.3) is 0 Å². The summed E-state index contributed by atoms with van der Waals surface area (Å²) in [6.45, 7) is 2.59. The highest BCUT2D eigenvalue weighted by Gasteiger charge is 2.13. The standard InChI is InChI=1S/C13H18FNO3/c1-3-15(6-7-16)13(17)9-10-4-5-12(18-2)11(14)8-10/h4-5,8,16H,3,6-7,9H2,1-2H3. The van der Waals surface area contributed by atoms with Crippen LogP contribution in [0.15, 0.2) is 18.2 Å². The molecule has 0 radical (unpaired) electrons. The molecule has 100 valence electrons. The average molecular weight is 255 g/mol. The van der Waals surface area contributed by atoms with Crippen LogP contribution < -0.4 is 4.74 Å². The number of methoxy groups -OCH3 is 1. The van der Waals surface area contributed by atoms with Gasteiger partial charge in [0, 0.05) is 13.1 Å². The van der Waals surface area contributed by atoms with Crippen molar-refractivity contribution in [2.45, 2.75) is 13.3 Å². The molecule has 1 rings (SSSR count). The van der Waals surface area contributed by atoms with Gasteiger partial charge < -0.3 is 14.7 Å². The SMILES string of the molecule is CCN(CCO)C(=O)Cc1ccc(OC)c(F)c1. The Labute approximate surface area is 106 Å². The number of aliphatic hydroxyl groups is 1. The maximum Gasteiger partial charge on any atom is 0.227 e. The van der Waals surface area contributed by atoms with Gasteiger partial charge in [-0.3, -0.25) is 4.79 Å². The van der Waals surface area contributed by atoms with E-state index in [0.29, 0.717) is 18.7 Å². The summed E-state index contributed by atoms with van der Waals surface area (Å²) in [5.74, 6) is -0.446. The predicted octanol–water partition coefficient (Wildman–Crippen LogP) is 1.22. The van der Waals surface area contributed by atoms with Crippen LogP contribution in [-0.2, 0) is 11.2 Å². The number of carbonyl (C=O) groups is 1. The molecule has 1 amide bonds. The Hall–Kier alpha value is -1.62. The van der Waals surface area contributed by atoms with E-state index in [2.05, 4.69) is 0 Å². The van der Waals surface area contributed by atoms with Gasteiger partial charge in [0.15, 0.2) is 11.6 Å².